The van der Waals surface area contributed by atoms with E-state index >= 15 is 0 Å². The van der Waals surface area contributed by atoms with Crippen molar-refractivity contribution in [1.29, 1.82) is 0 Å². The Balaban J connectivity index is 1.65. The molecule has 2 amide bonds. The van der Waals surface area contributed by atoms with Gasteiger partial charge in [0.1, 0.15) is 0 Å². The molecule has 0 aromatic heterocycles. The number of benzene rings is 1. The fourth-order valence-electron chi connectivity index (χ4n) is 2.56. The van der Waals surface area contributed by atoms with Gasteiger partial charge >= 0.3 is 0 Å². The number of piperidine rings is 1. The molecule has 1 aromatic rings. The van der Waals surface area contributed by atoms with Crippen molar-refractivity contribution in [2.24, 2.45) is 0 Å². The maximum atomic E-state index is 12.2. The van der Waals surface area contributed by atoms with Crippen molar-refractivity contribution in [3.8, 4) is 0 Å². The molecule has 0 radical (unpaired) electrons. The summed E-state index contributed by atoms with van der Waals surface area (Å²) in [6, 6.07) is 5.86. The van der Waals surface area contributed by atoms with Crippen LogP contribution >= 0.6 is 0 Å². The van der Waals surface area contributed by atoms with Gasteiger partial charge in [-0.3, -0.25) is 9.59 Å². The minimum atomic E-state index is -0.0594. The maximum absolute atomic E-state index is 12.2. The molecule has 0 aliphatic carbocycles. The summed E-state index contributed by atoms with van der Waals surface area (Å²) < 4.78 is 0. The summed E-state index contributed by atoms with van der Waals surface area (Å²) in [7, 11) is 0. The first-order chi connectivity index (χ1) is 9.22. The molecule has 0 spiro atoms. The van der Waals surface area contributed by atoms with Gasteiger partial charge in [-0.2, -0.15) is 0 Å². The summed E-state index contributed by atoms with van der Waals surface area (Å²) in [5.74, 6) is 0.00459. The largest absolute Gasteiger partial charge is 0.354 e. The van der Waals surface area contributed by atoms with E-state index in [4.69, 9.17) is 0 Å². The van der Waals surface area contributed by atoms with E-state index in [1.165, 1.54) is 11.1 Å². The second kappa shape index (κ2) is 5.01. The highest BCUT2D eigenvalue weighted by molar-refractivity contribution is 5.94. The van der Waals surface area contributed by atoms with Crippen LogP contribution in [0.4, 0.5) is 0 Å². The lowest BCUT2D eigenvalue weighted by molar-refractivity contribution is -0.122. The van der Waals surface area contributed by atoms with Crippen molar-refractivity contribution in [3.63, 3.8) is 0 Å². The van der Waals surface area contributed by atoms with E-state index in [0.717, 1.165) is 13.1 Å². The molecule has 1 aromatic carbocycles. The van der Waals surface area contributed by atoms with Gasteiger partial charge in [-0.15, -0.1) is 0 Å². The van der Waals surface area contributed by atoms with Crippen LogP contribution in [0.2, 0.25) is 0 Å². The Morgan fingerprint density at radius 2 is 2.11 bits per heavy atom. The number of amides is 2. The van der Waals surface area contributed by atoms with Crippen LogP contribution < -0.4 is 16.0 Å². The first kappa shape index (κ1) is 12.2. The van der Waals surface area contributed by atoms with Crippen molar-refractivity contribution in [3.05, 3.63) is 34.9 Å². The zero-order chi connectivity index (χ0) is 13.2. The molecule has 100 valence electrons. The van der Waals surface area contributed by atoms with E-state index in [2.05, 4.69) is 16.0 Å². The molecular weight excluding hydrogens is 242 g/mol. The van der Waals surface area contributed by atoms with Gasteiger partial charge in [0, 0.05) is 37.7 Å². The van der Waals surface area contributed by atoms with Gasteiger partial charge in [-0.1, -0.05) is 6.07 Å². The number of rotatable bonds is 2. The molecular formula is C14H17N3O2. The van der Waals surface area contributed by atoms with Gasteiger partial charge in [0.15, 0.2) is 0 Å². The SMILES string of the molecule is O=C1CCC(NC(=O)c2ccc3c(c2)CNC3)CN1. The molecule has 0 saturated carbocycles. The molecule has 19 heavy (non-hydrogen) atoms. The van der Waals surface area contributed by atoms with Gasteiger partial charge in [-0.25, -0.2) is 0 Å². The summed E-state index contributed by atoms with van der Waals surface area (Å²) >= 11 is 0. The molecule has 1 fully saturated rings. The lowest BCUT2D eigenvalue weighted by Crippen LogP contribution is -2.47. The van der Waals surface area contributed by atoms with E-state index in [1.54, 1.807) is 0 Å². The fraction of sp³-hybridized carbons (Fsp3) is 0.429. The highest BCUT2D eigenvalue weighted by Crippen LogP contribution is 2.17. The first-order valence-corrected chi connectivity index (χ1v) is 6.62. The standard InChI is InChI=1S/C14H17N3O2/c18-13-4-3-12(8-16-13)17-14(19)9-1-2-10-6-15-7-11(10)5-9/h1-2,5,12,15H,3-4,6-8H2,(H,16,18)(H,17,19). The summed E-state index contributed by atoms with van der Waals surface area (Å²) in [5, 5.41) is 9.00. The van der Waals surface area contributed by atoms with E-state index in [0.29, 0.717) is 24.9 Å². The summed E-state index contributed by atoms with van der Waals surface area (Å²) in [6.07, 6.45) is 1.20. The molecule has 1 saturated heterocycles. The Hall–Kier alpha value is -1.88. The number of carbonyl (C=O) groups is 2. The first-order valence-electron chi connectivity index (χ1n) is 6.62. The van der Waals surface area contributed by atoms with Crippen LogP contribution in [0.15, 0.2) is 18.2 Å². The van der Waals surface area contributed by atoms with Crippen LogP contribution in [0.3, 0.4) is 0 Å². The molecule has 3 N–H and O–H groups in total. The highest BCUT2D eigenvalue weighted by Gasteiger charge is 2.21. The lowest BCUT2D eigenvalue weighted by atomic mass is 10.0. The third-order valence-corrected chi connectivity index (χ3v) is 3.70. The molecule has 3 rings (SSSR count). The molecule has 2 heterocycles. The third kappa shape index (κ3) is 2.61. The fourth-order valence-corrected chi connectivity index (χ4v) is 2.56. The number of hydrogen-bond acceptors (Lipinski definition) is 3. The molecule has 2 aliphatic rings. The average Bonchev–Trinajstić information content (AvgIpc) is 2.88. The minimum absolute atomic E-state index is 0.0385. The Kier molecular flexibility index (Phi) is 3.21. The molecule has 1 atom stereocenters. The van der Waals surface area contributed by atoms with Gasteiger partial charge in [0.05, 0.1) is 0 Å². The topological polar surface area (TPSA) is 70.2 Å². The Morgan fingerprint density at radius 3 is 2.89 bits per heavy atom. The molecule has 5 heteroatoms. The summed E-state index contributed by atoms with van der Waals surface area (Å²) in [4.78, 5) is 23.2. The second-order valence-electron chi connectivity index (χ2n) is 5.10. The van der Waals surface area contributed by atoms with E-state index < -0.39 is 0 Å². The average molecular weight is 259 g/mol. The van der Waals surface area contributed by atoms with Crippen molar-refractivity contribution < 1.29 is 9.59 Å². The summed E-state index contributed by atoms with van der Waals surface area (Å²) in [6.45, 7) is 2.24. The predicted octanol–water partition coefficient (Wildman–Crippen LogP) is 0.298. The maximum Gasteiger partial charge on any atom is 0.251 e. The van der Waals surface area contributed by atoms with Gasteiger partial charge in [-0.05, 0) is 29.7 Å². The molecule has 2 aliphatic heterocycles. The quantitative estimate of drug-likeness (QED) is 0.715. The zero-order valence-electron chi connectivity index (χ0n) is 10.7. The van der Waals surface area contributed by atoms with E-state index in [9.17, 15) is 9.59 Å². The smallest absolute Gasteiger partial charge is 0.251 e. The van der Waals surface area contributed by atoms with Crippen LogP contribution in [0.5, 0.6) is 0 Å². The van der Waals surface area contributed by atoms with Gasteiger partial charge < -0.3 is 16.0 Å². The van der Waals surface area contributed by atoms with Crippen molar-refractivity contribution >= 4 is 11.8 Å². The van der Waals surface area contributed by atoms with Crippen LogP contribution in [-0.2, 0) is 17.9 Å². The van der Waals surface area contributed by atoms with Crippen LogP contribution in [-0.4, -0.2) is 24.4 Å². The van der Waals surface area contributed by atoms with Crippen LogP contribution in [0, 0.1) is 0 Å². The number of fused-ring (bicyclic) bond motifs is 1. The monoisotopic (exact) mass is 259 g/mol. The lowest BCUT2D eigenvalue weighted by Gasteiger charge is -2.23. The van der Waals surface area contributed by atoms with Gasteiger partial charge in [0.2, 0.25) is 5.91 Å². The van der Waals surface area contributed by atoms with E-state index in [-0.39, 0.29) is 17.9 Å². The minimum Gasteiger partial charge on any atom is -0.354 e. The van der Waals surface area contributed by atoms with E-state index in [1.807, 2.05) is 18.2 Å². The zero-order valence-corrected chi connectivity index (χ0v) is 10.7. The third-order valence-electron chi connectivity index (χ3n) is 3.70. The normalized spacial score (nSPS) is 21.7. The van der Waals surface area contributed by atoms with Crippen molar-refractivity contribution in [1.82, 2.24) is 16.0 Å². The number of carbonyl (C=O) groups excluding carboxylic acids is 2. The van der Waals surface area contributed by atoms with Crippen molar-refractivity contribution in [2.45, 2.75) is 32.0 Å². The van der Waals surface area contributed by atoms with Crippen LogP contribution in [0.1, 0.15) is 34.3 Å². The van der Waals surface area contributed by atoms with Crippen molar-refractivity contribution in [2.75, 3.05) is 6.54 Å². The Labute approximate surface area is 111 Å². The number of nitrogens with one attached hydrogen (secondary N) is 3. The molecule has 0 bridgehead atoms. The second-order valence-corrected chi connectivity index (χ2v) is 5.10. The van der Waals surface area contributed by atoms with Crippen LogP contribution in [0.25, 0.3) is 0 Å². The summed E-state index contributed by atoms with van der Waals surface area (Å²) in [5.41, 5.74) is 3.16. The predicted molar refractivity (Wildman–Crippen MR) is 70.5 cm³/mol. The number of hydrogen-bond donors (Lipinski definition) is 3. The highest BCUT2D eigenvalue weighted by atomic mass is 16.2. The van der Waals surface area contributed by atoms with Gasteiger partial charge in [0.25, 0.3) is 5.91 Å². The molecule has 5 nitrogen and oxygen atoms in total. The Morgan fingerprint density at radius 1 is 1.26 bits per heavy atom. The Bertz CT molecular complexity index is 517. The molecule has 1 unspecified atom stereocenters.